The maximum Gasteiger partial charge on any atom is 0.337 e. The zero-order valence-corrected chi connectivity index (χ0v) is 16.0. The molecule has 2 aromatic carbocycles. The first-order valence-corrected chi connectivity index (χ1v) is 9.11. The summed E-state index contributed by atoms with van der Waals surface area (Å²) in [6.07, 6.45) is 0.0181. The number of esters is 1. The Hall–Kier alpha value is -2.34. The number of hydrogen-bond donors (Lipinski definition) is 2. The molecule has 2 N–H and O–H groups in total. The minimum Gasteiger partial charge on any atom is -0.465 e. The predicted octanol–water partition coefficient (Wildman–Crippen LogP) is 4.13. The lowest BCUT2D eigenvalue weighted by Crippen LogP contribution is -2.31. The smallest absolute Gasteiger partial charge is 0.337 e. The van der Waals surface area contributed by atoms with Crippen molar-refractivity contribution in [3.63, 3.8) is 0 Å². The van der Waals surface area contributed by atoms with Gasteiger partial charge >= 0.3 is 5.97 Å². The van der Waals surface area contributed by atoms with Crippen LogP contribution in [0.4, 0.5) is 0 Å². The summed E-state index contributed by atoms with van der Waals surface area (Å²) in [7, 11) is 1.37. The fraction of sp³-hybridized carbons (Fsp3) is 0.286. The Morgan fingerprint density at radius 1 is 1.22 bits per heavy atom. The van der Waals surface area contributed by atoms with Gasteiger partial charge in [0.1, 0.15) is 17.4 Å². The topological polar surface area (TPSA) is 71.7 Å². The lowest BCUT2D eigenvalue weighted by molar-refractivity contribution is 0.0600. The van der Waals surface area contributed by atoms with E-state index in [2.05, 4.69) is 5.32 Å². The summed E-state index contributed by atoms with van der Waals surface area (Å²) in [5.74, 6) is 0.164. The van der Waals surface area contributed by atoms with Crippen LogP contribution in [0.15, 0.2) is 52.9 Å². The molecule has 3 aromatic rings. The third-order valence-electron chi connectivity index (χ3n) is 4.40. The molecule has 5 nitrogen and oxygen atoms in total. The molecular formula is C21H22ClNO4. The Kier molecular flexibility index (Phi) is 6.16. The molecule has 142 valence electrons. The van der Waals surface area contributed by atoms with E-state index in [1.54, 1.807) is 24.3 Å². The maximum absolute atomic E-state index is 11.5. The van der Waals surface area contributed by atoms with Crippen molar-refractivity contribution in [3.8, 4) is 0 Å². The molecule has 0 amide bonds. The zero-order chi connectivity index (χ0) is 19.4. The molecule has 0 bridgehead atoms. The highest BCUT2D eigenvalue weighted by molar-refractivity contribution is 6.31. The standard InChI is InChI=1S/C21H22ClNO4/c1-13(9-14-3-5-15(6-4-14)21(25)26-2)23-12-18(24)20-11-16-10-17(22)7-8-19(16)27-20/h3-8,10-11,13,18,23-24H,9,12H2,1-2H3. The van der Waals surface area contributed by atoms with Gasteiger partial charge in [0, 0.05) is 23.0 Å². The Bertz CT molecular complexity index is 920. The van der Waals surface area contributed by atoms with Crippen molar-refractivity contribution < 1.29 is 19.1 Å². The summed E-state index contributed by atoms with van der Waals surface area (Å²) in [5, 5.41) is 15.2. The van der Waals surface area contributed by atoms with Gasteiger partial charge in [-0.25, -0.2) is 4.79 Å². The van der Waals surface area contributed by atoms with Crippen LogP contribution in [0.25, 0.3) is 11.0 Å². The average Bonchev–Trinajstić information content (AvgIpc) is 3.09. The van der Waals surface area contributed by atoms with Gasteiger partial charge in [-0.3, -0.25) is 0 Å². The van der Waals surface area contributed by atoms with Crippen LogP contribution < -0.4 is 5.32 Å². The number of aliphatic hydroxyl groups is 1. The van der Waals surface area contributed by atoms with Gasteiger partial charge in [-0.15, -0.1) is 0 Å². The van der Waals surface area contributed by atoms with Crippen LogP contribution in [0.3, 0.4) is 0 Å². The number of methoxy groups -OCH3 is 1. The van der Waals surface area contributed by atoms with E-state index >= 15 is 0 Å². The molecule has 0 spiro atoms. The Morgan fingerprint density at radius 2 is 1.96 bits per heavy atom. The van der Waals surface area contributed by atoms with Crippen LogP contribution in [-0.4, -0.2) is 30.8 Å². The molecule has 0 saturated carbocycles. The molecule has 6 heteroatoms. The first kappa shape index (κ1) is 19.4. The van der Waals surface area contributed by atoms with E-state index in [1.807, 2.05) is 31.2 Å². The van der Waals surface area contributed by atoms with Crippen molar-refractivity contribution in [2.45, 2.75) is 25.5 Å². The van der Waals surface area contributed by atoms with Crippen molar-refractivity contribution >= 4 is 28.5 Å². The number of carbonyl (C=O) groups is 1. The van der Waals surface area contributed by atoms with Crippen LogP contribution in [0, 0.1) is 0 Å². The van der Waals surface area contributed by atoms with Gasteiger partial charge in [0.2, 0.25) is 0 Å². The van der Waals surface area contributed by atoms with E-state index in [4.69, 9.17) is 20.8 Å². The molecule has 3 rings (SSSR count). The van der Waals surface area contributed by atoms with Crippen molar-refractivity contribution in [3.05, 3.63) is 70.4 Å². The molecule has 0 saturated heterocycles. The number of ether oxygens (including phenoxy) is 1. The minimum absolute atomic E-state index is 0.141. The highest BCUT2D eigenvalue weighted by Gasteiger charge is 2.15. The van der Waals surface area contributed by atoms with Crippen molar-refractivity contribution in [2.24, 2.45) is 0 Å². The van der Waals surface area contributed by atoms with E-state index < -0.39 is 6.10 Å². The van der Waals surface area contributed by atoms with Gasteiger partial charge < -0.3 is 19.6 Å². The Morgan fingerprint density at radius 3 is 2.67 bits per heavy atom. The third kappa shape index (κ3) is 4.89. The molecule has 0 aliphatic carbocycles. The first-order valence-electron chi connectivity index (χ1n) is 8.74. The van der Waals surface area contributed by atoms with Gasteiger partial charge in [0.25, 0.3) is 0 Å². The second kappa shape index (κ2) is 8.57. The van der Waals surface area contributed by atoms with Crippen LogP contribution in [-0.2, 0) is 11.2 Å². The van der Waals surface area contributed by atoms with Gasteiger partial charge in [-0.2, -0.15) is 0 Å². The maximum atomic E-state index is 11.5. The van der Waals surface area contributed by atoms with E-state index in [0.717, 1.165) is 17.4 Å². The van der Waals surface area contributed by atoms with Crippen LogP contribution >= 0.6 is 11.6 Å². The van der Waals surface area contributed by atoms with E-state index in [0.29, 0.717) is 28.5 Å². The predicted molar refractivity (Wildman–Crippen MR) is 105 cm³/mol. The number of aliphatic hydroxyl groups excluding tert-OH is 1. The monoisotopic (exact) mass is 387 g/mol. The highest BCUT2D eigenvalue weighted by Crippen LogP contribution is 2.26. The summed E-state index contributed by atoms with van der Waals surface area (Å²) in [4.78, 5) is 11.5. The fourth-order valence-electron chi connectivity index (χ4n) is 2.93. The SMILES string of the molecule is COC(=O)c1ccc(CC(C)NCC(O)c2cc3cc(Cl)ccc3o2)cc1. The normalized spacial score (nSPS) is 13.5. The third-order valence-corrected chi connectivity index (χ3v) is 4.64. The number of halogens is 1. The van der Waals surface area contributed by atoms with Crippen LogP contribution in [0.5, 0.6) is 0 Å². The molecule has 1 aromatic heterocycles. The number of hydrogen-bond acceptors (Lipinski definition) is 5. The molecule has 0 aliphatic heterocycles. The van der Waals surface area contributed by atoms with Gasteiger partial charge in [-0.05, 0) is 55.3 Å². The molecule has 2 atom stereocenters. The van der Waals surface area contributed by atoms with Crippen molar-refractivity contribution in [1.82, 2.24) is 5.32 Å². The second-order valence-electron chi connectivity index (χ2n) is 6.55. The van der Waals surface area contributed by atoms with E-state index in [1.165, 1.54) is 7.11 Å². The largest absolute Gasteiger partial charge is 0.465 e. The summed E-state index contributed by atoms with van der Waals surface area (Å²) < 4.78 is 10.4. The van der Waals surface area contributed by atoms with Crippen molar-refractivity contribution in [1.29, 1.82) is 0 Å². The Balaban J connectivity index is 1.54. The molecule has 1 heterocycles. The Labute approximate surface area is 162 Å². The summed E-state index contributed by atoms with van der Waals surface area (Å²) in [6.45, 7) is 2.41. The summed E-state index contributed by atoms with van der Waals surface area (Å²) >= 11 is 5.98. The number of carbonyl (C=O) groups excluding carboxylic acids is 1. The first-order chi connectivity index (χ1) is 13.0. The minimum atomic E-state index is -0.750. The lowest BCUT2D eigenvalue weighted by Gasteiger charge is -2.16. The number of nitrogens with one attached hydrogen (secondary N) is 1. The summed E-state index contributed by atoms with van der Waals surface area (Å²) in [6, 6.07) is 14.6. The number of furan rings is 1. The quantitative estimate of drug-likeness (QED) is 0.596. The molecule has 2 unspecified atom stereocenters. The summed E-state index contributed by atoms with van der Waals surface area (Å²) in [5.41, 5.74) is 2.32. The molecule has 0 fully saturated rings. The van der Waals surface area contributed by atoms with Crippen LogP contribution in [0.2, 0.25) is 5.02 Å². The molecular weight excluding hydrogens is 366 g/mol. The number of fused-ring (bicyclic) bond motifs is 1. The van der Waals surface area contributed by atoms with Gasteiger partial charge in [-0.1, -0.05) is 23.7 Å². The molecule has 0 aliphatic rings. The van der Waals surface area contributed by atoms with Crippen molar-refractivity contribution in [2.75, 3.05) is 13.7 Å². The zero-order valence-electron chi connectivity index (χ0n) is 15.2. The second-order valence-corrected chi connectivity index (χ2v) is 6.99. The number of benzene rings is 2. The van der Waals surface area contributed by atoms with E-state index in [-0.39, 0.29) is 12.0 Å². The van der Waals surface area contributed by atoms with Gasteiger partial charge in [0.15, 0.2) is 0 Å². The highest BCUT2D eigenvalue weighted by atomic mass is 35.5. The van der Waals surface area contributed by atoms with Crippen LogP contribution in [0.1, 0.15) is 34.7 Å². The average molecular weight is 388 g/mol. The van der Waals surface area contributed by atoms with Gasteiger partial charge in [0.05, 0.1) is 12.7 Å². The molecule has 27 heavy (non-hydrogen) atoms. The van der Waals surface area contributed by atoms with E-state index in [9.17, 15) is 9.90 Å². The number of rotatable bonds is 7. The fourth-order valence-corrected chi connectivity index (χ4v) is 3.11. The molecule has 0 radical (unpaired) electrons. The lowest BCUT2D eigenvalue weighted by atomic mass is 10.0.